The lowest BCUT2D eigenvalue weighted by Gasteiger charge is -2.28. The number of nitrogens with one attached hydrogen (secondary N) is 2. The monoisotopic (exact) mass is 465 g/mol. The molecule has 0 radical (unpaired) electrons. The first-order valence-corrected chi connectivity index (χ1v) is 10.7. The summed E-state index contributed by atoms with van der Waals surface area (Å²) >= 11 is 0. The van der Waals surface area contributed by atoms with E-state index in [1.165, 1.54) is 0 Å². The molecule has 180 valence electrons. The second-order valence-electron chi connectivity index (χ2n) is 8.73. The molecule has 2 aromatic rings. The topological polar surface area (TPSA) is 97.0 Å². The average molecular weight is 466 g/mol. The molecule has 0 aliphatic heterocycles. The van der Waals surface area contributed by atoms with Gasteiger partial charge >= 0.3 is 6.09 Å². The Morgan fingerprint density at radius 3 is 2.29 bits per heavy atom. The van der Waals surface area contributed by atoms with Crippen LogP contribution >= 0.6 is 0 Å². The van der Waals surface area contributed by atoms with Gasteiger partial charge in [-0.15, -0.1) is 0 Å². The Labute approximate surface area is 200 Å². The first-order chi connectivity index (χ1) is 15.9. The summed E-state index contributed by atoms with van der Waals surface area (Å²) < 4.78 is 10.3. The molecule has 0 fully saturated rings. The van der Waals surface area contributed by atoms with Crippen LogP contribution in [0.25, 0.3) is 0 Å². The maximum absolute atomic E-state index is 13.4. The van der Waals surface area contributed by atoms with Crippen molar-refractivity contribution < 1.29 is 23.9 Å². The Kier molecular flexibility index (Phi) is 8.68. The van der Waals surface area contributed by atoms with Gasteiger partial charge in [0.05, 0.1) is 7.11 Å². The van der Waals surface area contributed by atoms with Gasteiger partial charge in [0.2, 0.25) is 0 Å². The minimum Gasteiger partial charge on any atom is -0.497 e. The van der Waals surface area contributed by atoms with Crippen molar-refractivity contribution in [3.8, 4) is 18.2 Å². The summed E-state index contributed by atoms with van der Waals surface area (Å²) in [7, 11) is 1.55. The fourth-order valence-electron chi connectivity index (χ4n) is 3.17. The number of hydrogen-bond donors (Lipinski definition) is 2. The molecule has 0 saturated heterocycles. The number of nitrogens with zero attached hydrogens (tertiary/aromatic N) is 1. The van der Waals surface area contributed by atoms with Crippen LogP contribution in [0.15, 0.2) is 42.5 Å². The number of rotatable bonds is 7. The number of methoxy groups -OCH3 is 1. The van der Waals surface area contributed by atoms with Gasteiger partial charge in [-0.3, -0.25) is 14.5 Å². The molecule has 2 rings (SSSR count). The number of anilines is 1. The Bertz CT molecular complexity index is 1080. The van der Waals surface area contributed by atoms with E-state index in [1.54, 1.807) is 52.1 Å². The molecule has 3 amide bonds. The van der Waals surface area contributed by atoms with E-state index in [-0.39, 0.29) is 0 Å². The van der Waals surface area contributed by atoms with Gasteiger partial charge in [-0.2, -0.15) is 0 Å². The van der Waals surface area contributed by atoms with Crippen molar-refractivity contribution in [2.45, 2.75) is 46.3 Å². The summed E-state index contributed by atoms with van der Waals surface area (Å²) in [5.74, 6) is -0.496. The number of carbonyl (C=O) groups is 3. The number of hydrogen-bond acceptors (Lipinski definition) is 5. The second-order valence-corrected chi connectivity index (χ2v) is 8.73. The predicted octanol–water partition coefficient (Wildman–Crippen LogP) is 3.94. The number of carbonyl (C=O) groups excluding carboxylic acids is 3. The zero-order chi connectivity index (χ0) is 25.5. The molecular formula is C26H31N3O5. The van der Waals surface area contributed by atoms with Crippen LogP contribution in [0.4, 0.5) is 10.5 Å². The van der Waals surface area contributed by atoms with E-state index in [4.69, 9.17) is 15.9 Å². The molecular weight excluding hydrogens is 434 g/mol. The maximum Gasteiger partial charge on any atom is 0.408 e. The molecule has 34 heavy (non-hydrogen) atoms. The summed E-state index contributed by atoms with van der Waals surface area (Å²) in [6.45, 7) is 8.41. The third kappa shape index (κ3) is 7.27. The molecule has 8 heteroatoms. The molecule has 1 atom stereocenters. The van der Waals surface area contributed by atoms with E-state index < -0.39 is 36.1 Å². The molecule has 0 saturated carbocycles. The first kappa shape index (κ1) is 26.3. The van der Waals surface area contributed by atoms with Gasteiger partial charge in [-0.1, -0.05) is 30.2 Å². The largest absolute Gasteiger partial charge is 0.497 e. The van der Waals surface area contributed by atoms with E-state index in [0.29, 0.717) is 17.0 Å². The number of ether oxygens (including phenoxy) is 2. The van der Waals surface area contributed by atoms with Crippen LogP contribution in [0.5, 0.6) is 5.75 Å². The molecule has 0 heterocycles. The smallest absolute Gasteiger partial charge is 0.408 e. The summed E-state index contributed by atoms with van der Waals surface area (Å²) in [5.41, 5.74) is 2.05. The summed E-state index contributed by atoms with van der Waals surface area (Å²) in [4.78, 5) is 39.4. The highest BCUT2D eigenvalue weighted by Crippen LogP contribution is 2.27. The first-order valence-electron chi connectivity index (χ1n) is 10.7. The molecule has 8 nitrogen and oxygen atoms in total. The lowest BCUT2D eigenvalue weighted by molar-refractivity contribution is -0.134. The molecule has 0 aliphatic rings. The number of amides is 3. The summed E-state index contributed by atoms with van der Waals surface area (Å²) in [5, 5.41) is 5.20. The summed E-state index contributed by atoms with van der Waals surface area (Å²) in [6, 6.07) is 13.5. The second kappa shape index (κ2) is 11.2. The van der Waals surface area contributed by atoms with Gasteiger partial charge in [0.25, 0.3) is 11.8 Å². The van der Waals surface area contributed by atoms with Crippen LogP contribution in [-0.4, -0.2) is 42.1 Å². The van der Waals surface area contributed by atoms with Crippen LogP contribution in [0.3, 0.4) is 0 Å². The van der Waals surface area contributed by atoms with E-state index in [1.807, 2.05) is 32.0 Å². The van der Waals surface area contributed by atoms with E-state index in [0.717, 1.165) is 16.0 Å². The Hall–Kier alpha value is -3.99. The molecule has 0 aromatic heterocycles. The SMILES string of the molecule is C#CN(C(=O)CNC(=O)OC(C)(C)C)C(C(=O)Nc1ccc(OC)cc1)c1cc(C)ccc1C. The van der Waals surface area contributed by atoms with Crippen molar-refractivity contribution in [1.29, 1.82) is 0 Å². The Morgan fingerprint density at radius 2 is 1.74 bits per heavy atom. The van der Waals surface area contributed by atoms with Crippen molar-refractivity contribution in [3.63, 3.8) is 0 Å². The fraction of sp³-hybridized carbons (Fsp3) is 0.346. The van der Waals surface area contributed by atoms with E-state index in [9.17, 15) is 14.4 Å². The quantitative estimate of drug-likeness (QED) is 0.477. The zero-order valence-electron chi connectivity index (χ0n) is 20.4. The van der Waals surface area contributed by atoms with E-state index >= 15 is 0 Å². The van der Waals surface area contributed by atoms with Crippen LogP contribution in [0, 0.1) is 26.3 Å². The minimum atomic E-state index is -1.13. The lowest BCUT2D eigenvalue weighted by atomic mass is 9.97. The number of benzene rings is 2. The Morgan fingerprint density at radius 1 is 1.09 bits per heavy atom. The highest BCUT2D eigenvalue weighted by atomic mass is 16.6. The van der Waals surface area contributed by atoms with Crippen molar-refractivity contribution >= 4 is 23.6 Å². The average Bonchev–Trinajstić information content (AvgIpc) is 2.77. The van der Waals surface area contributed by atoms with Crippen LogP contribution in [-0.2, 0) is 14.3 Å². The number of terminal acetylenes is 1. The maximum atomic E-state index is 13.4. The van der Waals surface area contributed by atoms with Gasteiger partial charge in [0, 0.05) is 11.7 Å². The van der Waals surface area contributed by atoms with Crippen molar-refractivity contribution in [2.24, 2.45) is 0 Å². The van der Waals surface area contributed by atoms with Crippen LogP contribution < -0.4 is 15.4 Å². The molecule has 0 spiro atoms. The van der Waals surface area contributed by atoms with Gasteiger partial charge in [0.15, 0.2) is 0 Å². The normalized spacial score (nSPS) is 11.6. The van der Waals surface area contributed by atoms with Crippen LogP contribution in [0.1, 0.15) is 43.5 Å². The lowest BCUT2D eigenvalue weighted by Crippen LogP contribution is -2.44. The highest BCUT2D eigenvalue weighted by Gasteiger charge is 2.32. The molecule has 1 unspecified atom stereocenters. The minimum absolute atomic E-state index is 0.434. The molecule has 2 aromatic carbocycles. The van der Waals surface area contributed by atoms with Crippen LogP contribution in [0.2, 0.25) is 0 Å². The fourth-order valence-corrected chi connectivity index (χ4v) is 3.17. The van der Waals surface area contributed by atoms with Gasteiger partial charge in [0.1, 0.15) is 23.9 Å². The molecule has 0 bridgehead atoms. The van der Waals surface area contributed by atoms with Crippen molar-refractivity contribution in [3.05, 3.63) is 59.2 Å². The number of aryl methyl sites for hydroxylation is 2. The van der Waals surface area contributed by atoms with Gasteiger partial charge < -0.3 is 20.1 Å². The zero-order valence-corrected chi connectivity index (χ0v) is 20.4. The van der Waals surface area contributed by atoms with Crippen molar-refractivity contribution in [1.82, 2.24) is 10.2 Å². The van der Waals surface area contributed by atoms with Gasteiger partial charge in [-0.25, -0.2) is 4.79 Å². The highest BCUT2D eigenvalue weighted by molar-refractivity contribution is 5.99. The summed E-state index contributed by atoms with van der Waals surface area (Å²) in [6.07, 6.45) is 4.93. The van der Waals surface area contributed by atoms with E-state index in [2.05, 4.69) is 16.7 Å². The third-order valence-electron chi connectivity index (χ3n) is 4.78. The molecule has 2 N–H and O–H groups in total. The van der Waals surface area contributed by atoms with Crippen molar-refractivity contribution in [2.75, 3.05) is 19.0 Å². The van der Waals surface area contributed by atoms with Gasteiger partial charge in [-0.05, 0) is 70.0 Å². The number of alkyl carbamates (subject to hydrolysis) is 1. The third-order valence-corrected chi connectivity index (χ3v) is 4.78. The standard InChI is InChI=1S/C26H31N3O5/c1-8-29(22(30)16-27-25(32)34-26(4,5)6)23(21-15-17(2)9-10-18(21)3)24(31)28-19-11-13-20(33-7)14-12-19/h1,9-15,23H,16H2,2-7H3,(H,27,32)(H,28,31). The molecule has 0 aliphatic carbocycles. The Balaban J connectivity index is 2.34. The predicted molar refractivity (Wildman–Crippen MR) is 130 cm³/mol.